The Bertz CT molecular complexity index is 863. The van der Waals surface area contributed by atoms with E-state index in [1.54, 1.807) is 6.92 Å². The van der Waals surface area contributed by atoms with Crippen LogP contribution in [0.25, 0.3) is 0 Å². The first-order chi connectivity index (χ1) is 14.0. The lowest BCUT2D eigenvalue weighted by Gasteiger charge is -2.37. The first-order valence-corrected chi connectivity index (χ1v) is 10.7. The van der Waals surface area contributed by atoms with E-state index in [-0.39, 0.29) is 5.91 Å². The first-order valence-electron chi connectivity index (χ1n) is 10.3. The van der Waals surface area contributed by atoms with Gasteiger partial charge in [-0.25, -0.2) is 0 Å². The lowest BCUT2D eigenvalue weighted by Crippen LogP contribution is -2.47. The second-order valence-corrected chi connectivity index (χ2v) is 8.38. The van der Waals surface area contributed by atoms with E-state index in [0.717, 1.165) is 67.4 Å². The Labute approximate surface area is 177 Å². The van der Waals surface area contributed by atoms with Crippen LogP contribution in [-0.4, -0.2) is 55.2 Å². The van der Waals surface area contributed by atoms with Crippen LogP contribution in [0.5, 0.6) is 0 Å². The van der Waals surface area contributed by atoms with Gasteiger partial charge in [0.15, 0.2) is 0 Å². The average Bonchev–Trinajstić information content (AvgIpc) is 2.74. The van der Waals surface area contributed by atoms with Gasteiger partial charge in [0.1, 0.15) is 0 Å². The van der Waals surface area contributed by atoms with E-state index < -0.39 is 6.10 Å². The van der Waals surface area contributed by atoms with Crippen molar-refractivity contribution in [2.45, 2.75) is 25.9 Å². The lowest BCUT2D eigenvalue weighted by atomic mass is 9.97. The van der Waals surface area contributed by atoms with Gasteiger partial charge in [0, 0.05) is 62.6 Å². The molecule has 2 aliphatic heterocycles. The third-order valence-electron chi connectivity index (χ3n) is 5.98. The maximum Gasteiger partial charge on any atom is 0.223 e. The molecule has 4 rings (SSSR count). The Kier molecular flexibility index (Phi) is 6.09. The number of β-amino-alcohol motifs (C(OH)–C–C–N with tert-alkyl or cyclic N) is 1. The number of benzene rings is 2. The predicted octanol–water partition coefficient (Wildman–Crippen LogP) is 3.49. The highest BCUT2D eigenvalue weighted by molar-refractivity contribution is 6.30. The number of hydrogen-bond donors (Lipinski definition) is 1. The molecule has 0 saturated carbocycles. The number of aryl methyl sites for hydroxylation is 1. The van der Waals surface area contributed by atoms with Crippen molar-refractivity contribution in [3.63, 3.8) is 0 Å². The van der Waals surface area contributed by atoms with Crippen molar-refractivity contribution in [3.8, 4) is 0 Å². The number of halogens is 1. The van der Waals surface area contributed by atoms with Crippen molar-refractivity contribution in [1.29, 1.82) is 0 Å². The first kappa shape index (κ1) is 20.2. The molecule has 1 unspecified atom stereocenters. The SMILES string of the molecule is CC(=O)N1CCCc2cc(C(O)CN3CCN(c4ccc(Cl)cc4)CC3)ccc21. The normalized spacial score (nSPS) is 18.4. The molecule has 1 atom stereocenters. The summed E-state index contributed by atoms with van der Waals surface area (Å²) in [6.07, 6.45) is 1.41. The summed E-state index contributed by atoms with van der Waals surface area (Å²) < 4.78 is 0. The molecule has 0 spiro atoms. The molecule has 0 aliphatic carbocycles. The van der Waals surface area contributed by atoms with Crippen molar-refractivity contribution in [1.82, 2.24) is 4.90 Å². The molecule has 1 saturated heterocycles. The van der Waals surface area contributed by atoms with Crippen molar-refractivity contribution in [2.24, 2.45) is 0 Å². The van der Waals surface area contributed by atoms with E-state index in [1.807, 2.05) is 29.2 Å². The van der Waals surface area contributed by atoms with Gasteiger partial charge in [-0.3, -0.25) is 9.69 Å². The van der Waals surface area contributed by atoms with Crippen LogP contribution in [0.1, 0.15) is 30.6 Å². The molecule has 0 aromatic heterocycles. The van der Waals surface area contributed by atoms with Crippen molar-refractivity contribution >= 4 is 28.9 Å². The van der Waals surface area contributed by atoms with Crippen LogP contribution in [0.2, 0.25) is 5.02 Å². The van der Waals surface area contributed by atoms with Gasteiger partial charge in [0.2, 0.25) is 5.91 Å². The van der Waals surface area contributed by atoms with Gasteiger partial charge in [-0.2, -0.15) is 0 Å². The number of anilines is 2. The minimum absolute atomic E-state index is 0.0813. The summed E-state index contributed by atoms with van der Waals surface area (Å²) >= 11 is 5.98. The van der Waals surface area contributed by atoms with Gasteiger partial charge in [0.25, 0.3) is 0 Å². The molecule has 29 heavy (non-hydrogen) atoms. The van der Waals surface area contributed by atoms with Crippen molar-refractivity contribution in [3.05, 3.63) is 58.6 Å². The molecule has 1 fully saturated rings. The zero-order chi connectivity index (χ0) is 20.4. The maximum atomic E-state index is 11.8. The molecule has 5 nitrogen and oxygen atoms in total. The number of hydrogen-bond acceptors (Lipinski definition) is 4. The zero-order valence-corrected chi connectivity index (χ0v) is 17.6. The molecule has 0 bridgehead atoms. The number of carbonyl (C=O) groups is 1. The Hall–Kier alpha value is -2.08. The number of piperazine rings is 1. The Morgan fingerprint density at radius 1 is 1.07 bits per heavy atom. The highest BCUT2D eigenvalue weighted by Crippen LogP contribution is 2.30. The van der Waals surface area contributed by atoms with Crippen molar-refractivity contribution < 1.29 is 9.90 Å². The summed E-state index contributed by atoms with van der Waals surface area (Å²) in [5.74, 6) is 0.0813. The van der Waals surface area contributed by atoms with Crippen LogP contribution in [0.4, 0.5) is 11.4 Å². The molecule has 154 valence electrons. The topological polar surface area (TPSA) is 47.0 Å². The van der Waals surface area contributed by atoms with Crippen LogP contribution in [0.15, 0.2) is 42.5 Å². The largest absolute Gasteiger partial charge is 0.387 e. The molecule has 2 aromatic carbocycles. The second kappa shape index (κ2) is 8.74. The van der Waals surface area contributed by atoms with E-state index in [4.69, 9.17) is 11.6 Å². The smallest absolute Gasteiger partial charge is 0.223 e. The quantitative estimate of drug-likeness (QED) is 0.833. The van der Waals surface area contributed by atoms with Crippen molar-refractivity contribution in [2.75, 3.05) is 49.1 Å². The highest BCUT2D eigenvalue weighted by Gasteiger charge is 2.23. The molecule has 0 radical (unpaired) electrons. The minimum Gasteiger partial charge on any atom is -0.387 e. The Balaban J connectivity index is 1.36. The highest BCUT2D eigenvalue weighted by atomic mass is 35.5. The number of fused-ring (bicyclic) bond motifs is 1. The van der Waals surface area contributed by atoms with Crippen LogP contribution in [0.3, 0.4) is 0 Å². The van der Waals surface area contributed by atoms with Gasteiger partial charge < -0.3 is 14.9 Å². The number of carbonyl (C=O) groups excluding carboxylic acids is 1. The molecule has 2 aliphatic rings. The van der Waals surface area contributed by atoms with Gasteiger partial charge in [-0.15, -0.1) is 0 Å². The van der Waals surface area contributed by atoms with E-state index >= 15 is 0 Å². The van der Waals surface area contributed by atoms with E-state index in [0.29, 0.717) is 6.54 Å². The summed E-state index contributed by atoms with van der Waals surface area (Å²) in [5, 5.41) is 11.6. The van der Waals surface area contributed by atoms with E-state index in [2.05, 4.69) is 28.0 Å². The molecular weight excluding hydrogens is 386 g/mol. The molecule has 1 amide bonds. The fourth-order valence-corrected chi connectivity index (χ4v) is 4.47. The molecule has 2 aromatic rings. The average molecular weight is 414 g/mol. The monoisotopic (exact) mass is 413 g/mol. The summed E-state index contributed by atoms with van der Waals surface area (Å²) in [7, 11) is 0. The fraction of sp³-hybridized carbons (Fsp3) is 0.435. The fourth-order valence-electron chi connectivity index (χ4n) is 4.34. The Morgan fingerprint density at radius 3 is 2.48 bits per heavy atom. The van der Waals surface area contributed by atoms with Gasteiger partial charge in [-0.1, -0.05) is 23.7 Å². The summed E-state index contributed by atoms with van der Waals surface area (Å²) in [5.41, 5.74) is 4.29. The Morgan fingerprint density at radius 2 is 1.79 bits per heavy atom. The minimum atomic E-state index is -0.518. The molecule has 1 N–H and O–H groups in total. The summed E-state index contributed by atoms with van der Waals surface area (Å²) in [6, 6.07) is 14.0. The summed E-state index contributed by atoms with van der Waals surface area (Å²) in [4.78, 5) is 18.4. The van der Waals surface area contributed by atoms with Crippen LogP contribution < -0.4 is 9.80 Å². The number of aliphatic hydroxyl groups is 1. The number of aliphatic hydroxyl groups excluding tert-OH is 1. The molecular formula is C23H28ClN3O2. The predicted molar refractivity (Wildman–Crippen MR) is 118 cm³/mol. The van der Waals surface area contributed by atoms with Crippen LogP contribution >= 0.6 is 11.6 Å². The van der Waals surface area contributed by atoms with Gasteiger partial charge >= 0.3 is 0 Å². The van der Waals surface area contributed by atoms with Crippen LogP contribution in [0, 0.1) is 0 Å². The third-order valence-corrected chi connectivity index (χ3v) is 6.23. The molecule has 6 heteroatoms. The third kappa shape index (κ3) is 4.58. The van der Waals surface area contributed by atoms with Crippen LogP contribution in [-0.2, 0) is 11.2 Å². The number of rotatable bonds is 4. The van der Waals surface area contributed by atoms with Gasteiger partial charge in [0.05, 0.1) is 6.10 Å². The van der Waals surface area contributed by atoms with Gasteiger partial charge in [-0.05, 0) is 54.3 Å². The standard InChI is InChI=1S/C23H28ClN3O2/c1-17(28)27-10-2-3-18-15-19(4-9-22(18)27)23(29)16-25-11-13-26(14-12-25)21-7-5-20(24)6-8-21/h4-9,15,23,29H,2-3,10-14,16H2,1H3. The zero-order valence-electron chi connectivity index (χ0n) is 16.9. The van der Waals surface area contributed by atoms with E-state index in [1.165, 1.54) is 5.69 Å². The number of nitrogens with zero attached hydrogens (tertiary/aromatic N) is 3. The molecule has 2 heterocycles. The number of amides is 1. The summed E-state index contributed by atoms with van der Waals surface area (Å²) in [6.45, 7) is 6.73. The second-order valence-electron chi connectivity index (χ2n) is 7.94. The lowest BCUT2D eigenvalue weighted by molar-refractivity contribution is -0.116. The van der Waals surface area contributed by atoms with E-state index in [9.17, 15) is 9.90 Å². The maximum absolute atomic E-state index is 11.8.